The maximum Gasteiger partial charge on any atom is 0.333 e. The van der Waals surface area contributed by atoms with E-state index < -0.39 is 12.0 Å². The first-order valence-electron chi connectivity index (χ1n) is 5.49. The van der Waals surface area contributed by atoms with Crippen LogP contribution in [0.2, 0.25) is 0 Å². The van der Waals surface area contributed by atoms with Crippen LogP contribution in [0, 0.1) is 5.92 Å². The smallest absolute Gasteiger partial charge is 0.333 e. The van der Waals surface area contributed by atoms with Gasteiger partial charge in [0.25, 0.3) is 0 Å². The summed E-state index contributed by atoms with van der Waals surface area (Å²) in [6.45, 7) is 3.54. The Kier molecular flexibility index (Phi) is 4.69. The highest BCUT2D eigenvalue weighted by molar-refractivity contribution is 5.86. The van der Waals surface area contributed by atoms with E-state index in [4.69, 9.17) is 4.74 Å². The Bertz CT molecular complexity index is 387. The van der Waals surface area contributed by atoms with Crippen molar-refractivity contribution >= 4 is 11.9 Å². The first-order chi connectivity index (χ1) is 8.06. The molecule has 0 aliphatic rings. The summed E-state index contributed by atoms with van der Waals surface area (Å²) in [6.07, 6.45) is 0. The number of methoxy groups -OCH3 is 1. The third kappa shape index (κ3) is 3.59. The Morgan fingerprint density at radius 2 is 1.76 bits per heavy atom. The van der Waals surface area contributed by atoms with Gasteiger partial charge in [-0.2, -0.15) is 0 Å². The molecule has 0 bridgehead atoms. The van der Waals surface area contributed by atoms with Crippen LogP contribution in [0.1, 0.15) is 25.5 Å². The second-order valence-corrected chi connectivity index (χ2v) is 4.03. The van der Waals surface area contributed by atoms with Crippen molar-refractivity contribution in [1.82, 2.24) is 5.32 Å². The number of amides is 1. The second-order valence-electron chi connectivity index (χ2n) is 4.03. The summed E-state index contributed by atoms with van der Waals surface area (Å²) in [4.78, 5) is 23.3. The number of hydrogen-bond donors (Lipinski definition) is 1. The summed E-state index contributed by atoms with van der Waals surface area (Å²) in [5.74, 6) is -0.819. The first-order valence-corrected chi connectivity index (χ1v) is 5.49. The summed E-state index contributed by atoms with van der Waals surface area (Å²) >= 11 is 0. The normalized spacial score (nSPS) is 12.0. The minimum atomic E-state index is -0.740. The molecule has 0 aliphatic heterocycles. The average Bonchev–Trinajstić information content (AvgIpc) is 2.35. The molecule has 17 heavy (non-hydrogen) atoms. The van der Waals surface area contributed by atoms with Crippen LogP contribution in [0.4, 0.5) is 0 Å². The van der Waals surface area contributed by atoms with Crippen LogP contribution in [0.3, 0.4) is 0 Å². The second kappa shape index (κ2) is 6.03. The Labute approximate surface area is 101 Å². The SMILES string of the molecule is COC(=O)[C@@H](NC(=O)C(C)C)c1ccccc1. The molecule has 4 nitrogen and oxygen atoms in total. The molecule has 92 valence electrons. The van der Waals surface area contributed by atoms with E-state index >= 15 is 0 Å². The van der Waals surface area contributed by atoms with Crippen molar-refractivity contribution in [3.8, 4) is 0 Å². The number of hydrogen-bond acceptors (Lipinski definition) is 3. The van der Waals surface area contributed by atoms with Crippen molar-refractivity contribution in [2.24, 2.45) is 5.92 Å². The molecule has 0 saturated carbocycles. The molecule has 0 unspecified atom stereocenters. The first kappa shape index (κ1) is 13.2. The van der Waals surface area contributed by atoms with Gasteiger partial charge in [-0.25, -0.2) is 4.79 Å². The zero-order valence-corrected chi connectivity index (χ0v) is 10.3. The van der Waals surface area contributed by atoms with Gasteiger partial charge < -0.3 is 10.1 Å². The molecule has 0 fully saturated rings. The van der Waals surface area contributed by atoms with Gasteiger partial charge >= 0.3 is 5.97 Å². The molecule has 1 aromatic carbocycles. The third-order valence-electron chi connectivity index (χ3n) is 2.38. The quantitative estimate of drug-likeness (QED) is 0.808. The molecule has 1 rings (SSSR count). The van der Waals surface area contributed by atoms with Gasteiger partial charge in [0, 0.05) is 5.92 Å². The zero-order valence-electron chi connectivity index (χ0n) is 10.3. The molecule has 0 aromatic heterocycles. The Balaban J connectivity index is 2.90. The van der Waals surface area contributed by atoms with Crippen molar-refractivity contribution in [2.45, 2.75) is 19.9 Å². The summed E-state index contributed by atoms with van der Waals surface area (Å²) in [6, 6.07) is 8.29. The highest BCUT2D eigenvalue weighted by Gasteiger charge is 2.24. The molecular weight excluding hydrogens is 218 g/mol. The lowest BCUT2D eigenvalue weighted by Crippen LogP contribution is -2.36. The van der Waals surface area contributed by atoms with Crippen LogP contribution in [-0.4, -0.2) is 19.0 Å². The molecule has 0 spiro atoms. The van der Waals surface area contributed by atoms with E-state index in [1.807, 2.05) is 18.2 Å². The van der Waals surface area contributed by atoms with Crippen LogP contribution >= 0.6 is 0 Å². The van der Waals surface area contributed by atoms with Crippen molar-refractivity contribution in [3.05, 3.63) is 35.9 Å². The third-order valence-corrected chi connectivity index (χ3v) is 2.38. The number of nitrogens with one attached hydrogen (secondary N) is 1. The van der Waals surface area contributed by atoms with Crippen LogP contribution in [0.15, 0.2) is 30.3 Å². The van der Waals surface area contributed by atoms with E-state index in [0.29, 0.717) is 5.56 Å². The monoisotopic (exact) mass is 235 g/mol. The van der Waals surface area contributed by atoms with E-state index in [9.17, 15) is 9.59 Å². The molecule has 0 heterocycles. The maximum atomic E-state index is 11.6. The predicted molar refractivity (Wildman–Crippen MR) is 64.2 cm³/mol. The van der Waals surface area contributed by atoms with Gasteiger partial charge in [0.2, 0.25) is 5.91 Å². The standard InChI is InChI=1S/C13H17NO3/c1-9(2)12(15)14-11(13(16)17-3)10-7-5-4-6-8-10/h4-9,11H,1-3H3,(H,14,15)/t11-/m0/s1. The van der Waals surface area contributed by atoms with Gasteiger partial charge in [0.1, 0.15) is 0 Å². The fourth-order valence-corrected chi connectivity index (χ4v) is 1.35. The molecule has 1 amide bonds. The summed E-state index contributed by atoms with van der Waals surface area (Å²) in [5.41, 5.74) is 0.716. The van der Waals surface area contributed by atoms with E-state index in [2.05, 4.69) is 5.32 Å². The summed E-state index contributed by atoms with van der Waals surface area (Å²) in [5, 5.41) is 2.67. The largest absolute Gasteiger partial charge is 0.467 e. The lowest BCUT2D eigenvalue weighted by atomic mass is 10.1. The van der Waals surface area contributed by atoms with Crippen molar-refractivity contribution < 1.29 is 14.3 Å². The van der Waals surface area contributed by atoms with E-state index in [1.54, 1.807) is 26.0 Å². The van der Waals surface area contributed by atoms with E-state index in [-0.39, 0.29) is 11.8 Å². The van der Waals surface area contributed by atoms with Crippen molar-refractivity contribution in [3.63, 3.8) is 0 Å². The summed E-state index contributed by atoms with van der Waals surface area (Å²) < 4.78 is 4.69. The fourth-order valence-electron chi connectivity index (χ4n) is 1.35. The molecule has 1 N–H and O–H groups in total. The molecule has 0 saturated heterocycles. The van der Waals surface area contributed by atoms with Crippen LogP contribution < -0.4 is 5.32 Å². The zero-order chi connectivity index (χ0) is 12.8. The molecular formula is C13H17NO3. The van der Waals surface area contributed by atoms with Gasteiger partial charge in [0.05, 0.1) is 7.11 Å². The van der Waals surface area contributed by atoms with Gasteiger partial charge in [-0.1, -0.05) is 44.2 Å². The lowest BCUT2D eigenvalue weighted by Gasteiger charge is -2.18. The average molecular weight is 235 g/mol. The van der Waals surface area contributed by atoms with Crippen LogP contribution in [0.25, 0.3) is 0 Å². The molecule has 0 aliphatic carbocycles. The number of ether oxygens (including phenoxy) is 1. The maximum absolute atomic E-state index is 11.6. The number of carbonyl (C=O) groups is 2. The summed E-state index contributed by atoms with van der Waals surface area (Å²) in [7, 11) is 1.31. The van der Waals surface area contributed by atoms with Gasteiger partial charge in [-0.05, 0) is 5.56 Å². The number of carbonyl (C=O) groups excluding carboxylic acids is 2. The topological polar surface area (TPSA) is 55.4 Å². The highest BCUT2D eigenvalue weighted by Crippen LogP contribution is 2.14. The van der Waals surface area contributed by atoms with Gasteiger partial charge in [0.15, 0.2) is 6.04 Å². The number of esters is 1. The Morgan fingerprint density at radius 1 is 1.18 bits per heavy atom. The Hall–Kier alpha value is -1.84. The van der Waals surface area contributed by atoms with E-state index in [0.717, 1.165) is 0 Å². The molecule has 1 aromatic rings. The fraction of sp³-hybridized carbons (Fsp3) is 0.385. The van der Waals surface area contributed by atoms with Crippen molar-refractivity contribution in [1.29, 1.82) is 0 Å². The van der Waals surface area contributed by atoms with Crippen molar-refractivity contribution in [2.75, 3.05) is 7.11 Å². The van der Waals surface area contributed by atoms with Crippen LogP contribution in [-0.2, 0) is 14.3 Å². The predicted octanol–water partition coefficient (Wildman–Crippen LogP) is 1.67. The lowest BCUT2D eigenvalue weighted by molar-refractivity contribution is -0.145. The molecule has 4 heteroatoms. The minimum Gasteiger partial charge on any atom is -0.467 e. The van der Waals surface area contributed by atoms with Gasteiger partial charge in [-0.3, -0.25) is 4.79 Å². The molecule has 1 atom stereocenters. The number of benzene rings is 1. The highest BCUT2D eigenvalue weighted by atomic mass is 16.5. The van der Waals surface area contributed by atoms with Gasteiger partial charge in [-0.15, -0.1) is 0 Å². The van der Waals surface area contributed by atoms with Crippen LogP contribution in [0.5, 0.6) is 0 Å². The Morgan fingerprint density at radius 3 is 2.24 bits per heavy atom. The minimum absolute atomic E-state index is 0.175. The number of rotatable bonds is 4. The molecule has 0 radical (unpaired) electrons. The van der Waals surface area contributed by atoms with E-state index in [1.165, 1.54) is 7.11 Å².